The van der Waals surface area contributed by atoms with Crippen LogP contribution in [0.25, 0.3) is 0 Å². The maximum absolute atomic E-state index is 12.1. The van der Waals surface area contributed by atoms with Crippen molar-refractivity contribution in [1.29, 1.82) is 0 Å². The fraction of sp³-hybridized carbons (Fsp3) is 0.562. The topological polar surface area (TPSA) is 82.8 Å². The van der Waals surface area contributed by atoms with Crippen molar-refractivity contribution in [2.45, 2.75) is 31.3 Å². The lowest BCUT2D eigenvalue weighted by Gasteiger charge is -2.48. The van der Waals surface area contributed by atoms with Crippen molar-refractivity contribution in [1.82, 2.24) is 14.8 Å². The summed E-state index contributed by atoms with van der Waals surface area (Å²) in [6.07, 6.45) is 3.70. The molecule has 5 rings (SSSR count). The predicted octanol–water partition coefficient (Wildman–Crippen LogP) is 0.500. The molecule has 0 atom stereocenters. The normalized spacial score (nSPS) is 26.7. The van der Waals surface area contributed by atoms with E-state index in [1.807, 2.05) is 16.8 Å². The third-order valence-corrected chi connectivity index (χ3v) is 5.22. The van der Waals surface area contributed by atoms with E-state index in [0.717, 1.165) is 37.1 Å². The zero-order valence-electron chi connectivity index (χ0n) is 13.2. The lowest BCUT2D eigenvalue weighted by atomic mass is 9.71. The maximum atomic E-state index is 12.1. The number of nitrogens with two attached hydrogens (primary N) is 1. The van der Waals surface area contributed by atoms with E-state index in [9.17, 15) is 9.59 Å². The quantitative estimate of drug-likeness (QED) is 0.861. The molecule has 3 amide bonds. The van der Waals surface area contributed by atoms with E-state index < -0.39 is 6.03 Å². The lowest BCUT2D eigenvalue weighted by Crippen LogP contribution is -2.54. The zero-order chi connectivity index (χ0) is 16.1. The first-order chi connectivity index (χ1) is 11.0. The molecule has 4 aliphatic rings. The Hall–Kier alpha value is -2.15. The van der Waals surface area contributed by atoms with E-state index in [4.69, 9.17) is 5.73 Å². The molecule has 1 saturated carbocycles. The molecular weight excluding hydrogens is 294 g/mol. The number of likely N-dealkylation sites (N-methyl/N-ethyl adjacent to an activating group) is 1. The molecule has 0 unspecified atom stereocenters. The highest BCUT2D eigenvalue weighted by atomic mass is 16.2. The molecule has 7 heteroatoms. The SMILES string of the molecule is CN1CCN(Cc2cnc3c(c2)C2CC(C2)N3C(N)=O)C(=O)C1. The summed E-state index contributed by atoms with van der Waals surface area (Å²) >= 11 is 0. The Bertz CT molecular complexity index is 670. The Morgan fingerprint density at radius 3 is 2.87 bits per heavy atom. The van der Waals surface area contributed by atoms with E-state index >= 15 is 0 Å². The third-order valence-electron chi connectivity index (χ3n) is 5.22. The summed E-state index contributed by atoms with van der Waals surface area (Å²) in [6.45, 7) is 2.69. The van der Waals surface area contributed by atoms with Gasteiger partial charge in [-0.25, -0.2) is 9.78 Å². The average Bonchev–Trinajstić information content (AvgIpc) is 2.47. The number of urea groups is 1. The Labute approximate surface area is 135 Å². The van der Waals surface area contributed by atoms with Gasteiger partial charge in [-0.1, -0.05) is 0 Å². The number of aromatic nitrogens is 1. The van der Waals surface area contributed by atoms with Crippen LogP contribution in [0.15, 0.2) is 12.3 Å². The van der Waals surface area contributed by atoms with Crippen LogP contribution < -0.4 is 10.6 Å². The molecular formula is C16H21N5O2. The molecule has 2 fully saturated rings. The van der Waals surface area contributed by atoms with Crippen LogP contribution in [-0.2, 0) is 11.3 Å². The van der Waals surface area contributed by atoms with Crippen LogP contribution >= 0.6 is 0 Å². The summed E-state index contributed by atoms with van der Waals surface area (Å²) in [6, 6.07) is 1.88. The molecule has 0 radical (unpaired) electrons. The fourth-order valence-electron chi connectivity index (χ4n) is 3.83. The van der Waals surface area contributed by atoms with Gasteiger partial charge in [0, 0.05) is 31.9 Å². The average molecular weight is 315 g/mol. The van der Waals surface area contributed by atoms with Crippen molar-refractivity contribution in [2.24, 2.45) is 5.73 Å². The van der Waals surface area contributed by atoms with Gasteiger partial charge >= 0.3 is 6.03 Å². The molecule has 1 saturated heterocycles. The van der Waals surface area contributed by atoms with Gasteiger partial charge in [0.05, 0.1) is 6.54 Å². The number of anilines is 1. The van der Waals surface area contributed by atoms with E-state index in [-0.39, 0.29) is 11.9 Å². The number of amides is 3. The van der Waals surface area contributed by atoms with Crippen LogP contribution in [-0.4, -0.2) is 59.4 Å². The Morgan fingerprint density at radius 1 is 1.39 bits per heavy atom. The summed E-state index contributed by atoms with van der Waals surface area (Å²) in [5.41, 5.74) is 7.63. The summed E-state index contributed by atoms with van der Waals surface area (Å²) in [5, 5.41) is 0. The van der Waals surface area contributed by atoms with Crippen LogP contribution in [0.2, 0.25) is 0 Å². The first-order valence-corrected chi connectivity index (χ1v) is 8.06. The fourth-order valence-corrected chi connectivity index (χ4v) is 3.83. The zero-order valence-corrected chi connectivity index (χ0v) is 13.2. The highest BCUT2D eigenvalue weighted by Crippen LogP contribution is 2.49. The maximum Gasteiger partial charge on any atom is 0.320 e. The first kappa shape index (κ1) is 14.4. The minimum absolute atomic E-state index is 0.152. The van der Waals surface area contributed by atoms with E-state index in [1.165, 1.54) is 0 Å². The summed E-state index contributed by atoms with van der Waals surface area (Å²) < 4.78 is 0. The number of hydrogen-bond donors (Lipinski definition) is 1. The van der Waals surface area contributed by atoms with Crippen LogP contribution in [0.4, 0.5) is 10.6 Å². The summed E-state index contributed by atoms with van der Waals surface area (Å²) in [7, 11) is 1.96. The highest BCUT2D eigenvalue weighted by Gasteiger charge is 2.45. The number of piperazine rings is 1. The molecule has 122 valence electrons. The van der Waals surface area contributed by atoms with Crippen LogP contribution in [0.3, 0.4) is 0 Å². The molecule has 1 aromatic rings. The summed E-state index contributed by atoms with van der Waals surface area (Å²) in [5.74, 6) is 1.33. The number of nitrogens with zero attached hydrogens (tertiary/aromatic N) is 4. The molecule has 23 heavy (non-hydrogen) atoms. The Morgan fingerprint density at radius 2 is 2.17 bits per heavy atom. The lowest BCUT2D eigenvalue weighted by molar-refractivity contribution is -0.136. The predicted molar refractivity (Wildman–Crippen MR) is 85.0 cm³/mol. The van der Waals surface area contributed by atoms with Gasteiger partial charge < -0.3 is 10.6 Å². The molecule has 0 spiro atoms. The molecule has 1 aliphatic carbocycles. The van der Waals surface area contributed by atoms with Crippen molar-refractivity contribution in [3.63, 3.8) is 0 Å². The highest BCUT2D eigenvalue weighted by molar-refractivity contribution is 5.92. The van der Waals surface area contributed by atoms with Crippen molar-refractivity contribution < 1.29 is 9.59 Å². The standard InChI is InChI=1S/C16H21N5O2/c1-19-2-3-20(14(22)9-19)8-10-4-13-11-5-12(6-11)21(16(17)23)15(13)18-7-10/h4,7,11-12H,2-3,5-6,8-9H2,1H3,(H2,17,23). The van der Waals surface area contributed by atoms with Crippen molar-refractivity contribution in [2.75, 3.05) is 31.6 Å². The summed E-state index contributed by atoms with van der Waals surface area (Å²) in [4.78, 5) is 33.8. The van der Waals surface area contributed by atoms with Crippen molar-refractivity contribution in [3.05, 3.63) is 23.4 Å². The minimum Gasteiger partial charge on any atom is -0.351 e. The van der Waals surface area contributed by atoms with Crippen LogP contribution in [0.5, 0.6) is 0 Å². The van der Waals surface area contributed by atoms with E-state index in [2.05, 4.69) is 11.1 Å². The number of carbonyl (C=O) groups is 2. The molecule has 0 aromatic carbocycles. The van der Waals surface area contributed by atoms with Gasteiger partial charge in [-0.2, -0.15) is 0 Å². The number of hydrogen-bond acceptors (Lipinski definition) is 4. The van der Waals surface area contributed by atoms with Crippen LogP contribution in [0, 0.1) is 0 Å². The number of carbonyl (C=O) groups excluding carboxylic acids is 2. The van der Waals surface area contributed by atoms with Crippen molar-refractivity contribution >= 4 is 17.8 Å². The smallest absolute Gasteiger partial charge is 0.320 e. The van der Waals surface area contributed by atoms with Gasteiger partial charge in [0.1, 0.15) is 5.82 Å². The molecule has 2 bridgehead atoms. The van der Waals surface area contributed by atoms with Crippen molar-refractivity contribution in [3.8, 4) is 0 Å². The third kappa shape index (κ3) is 2.35. The number of pyridine rings is 1. The second kappa shape index (κ2) is 5.19. The second-order valence-electron chi connectivity index (χ2n) is 6.84. The van der Waals surface area contributed by atoms with Gasteiger partial charge in [-0.3, -0.25) is 14.6 Å². The number of primary amides is 1. The van der Waals surface area contributed by atoms with Crippen LogP contribution in [0.1, 0.15) is 29.9 Å². The largest absolute Gasteiger partial charge is 0.351 e. The van der Waals surface area contributed by atoms with E-state index in [0.29, 0.717) is 24.8 Å². The van der Waals surface area contributed by atoms with Gasteiger partial charge in [-0.05, 0) is 43.0 Å². The van der Waals surface area contributed by atoms with Gasteiger partial charge in [-0.15, -0.1) is 0 Å². The molecule has 3 aliphatic heterocycles. The first-order valence-electron chi connectivity index (χ1n) is 8.06. The molecule has 2 N–H and O–H groups in total. The second-order valence-corrected chi connectivity index (χ2v) is 6.84. The van der Waals surface area contributed by atoms with E-state index in [1.54, 1.807) is 11.1 Å². The molecule has 4 heterocycles. The van der Waals surface area contributed by atoms with Gasteiger partial charge in [0.25, 0.3) is 0 Å². The monoisotopic (exact) mass is 315 g/mol. The molecule has 1 aromatic heterocycles. The van der Waals surface area contributed by atoms with Gasteiger partial charge in [0.15, 0.2) is 0 Å². The Kier molecular flexibility index (Phi) is 3.26. The Balaban J connectivity index is 1.57. The minimum atomic E-state index is -0.427. The molecule has 7 nitrogen and oxygen atoms in total. The number of rotatable bonds is 2. The van der Waals surface area contributed by atoms with Gasteiger partial charge in [0.2, 0.25) is 5.91 Å².